The second-order valence-electron chi connectivity index (χ2n) is 5.08. The molecular formula is C14H20FNO. The van der Waals surface area contributed by atoms with Crippen molar-refractivity contribution in [2.24, 2.45) is 5.92 Å². The molecule has 17 heavy (non-hydrogen) atoms. The third-order valence-electron chi connectivity index (χ3n) is 3.03. The molecule has 1 heterocycles. The second kappa shape index (κ2) is 5.50. The van der Waals surface area contributed by atoms with Gasteiger partial charge >= 0.3 is 0 Å². The Morgan fingerprint density at radius 1 is 1.47 bits per heavy atom. The highest BCUT2D eigenvalue weighted by atomic mass is 19.1. The van der Waals surface area contributed by atoms with Crippen LogP contribution in [0.15, 0.2) is 18.2 Å². The first-order chi connectivity index (χ1) is 8.15. The zero-order valence-corrected chi connectivity index (χ0v) is 10.5. The van der Waals surface area contributed by atoms with E-state index in [-0.39, 0.29) is 11.9 Å². The molecule has 0 saturated carbocycles. The van der Waals surface area contributed by atoms with E-state index >= 15 is 0 Å². The minimum atomic E-state index is -0.180. The SMILES string of the molecule is CC(C)CCNCC1Cc2cc(F)ccc2O1. The van der Waals surface area contributed by atoms with Crippen molar-refractivity contribution in [3.05, 3.63) is 29.6 Å². The molecule has 1 unspecified atom stereocenters. The highest BCUT2D eigenvalue weighted by molar-refractivity contribution is 5.37. The molecule has 0 aromatic heterocycles. The van der Waals surface area contributed by atoms with Gasteiger partial charge in [0, 0.05) is 18.5 Å². The van der Waals surface area contributed by atoms with Crippen molar-refractivity contribution in [2.45, 2.75) is 32.8 Å². The summed E-state index contributed by atoms with van der Waals surface area (Å²) < 4.78 is 18.8. The number of nitrogens with one attached hydrogen (secondary N) is 1. The third-order valence-corrected chi connectivity index (χ3v) is 3.03. The number of benzene rings is 1. The van der Waals surface area contributed by atoms with Gasteiger partial charge in [-0.3, -0.25) is 0 Å². The number of fused-ring (bicyclic) bond motifs is 1. The summed E-state index contributed by atoms with van der Waals surface area (Å²) in [6.45, 7) is 6.28. The van der Waals surface area contributed by atoms with E-state index < -0.39 is 0 Å². The molecule has 94 valence electrons. The monoisotopic (exact) mass is 237 g/mol. The molecule has 1 aromatic carbocycles. The van der Waals surface area contributed by atoms with E-state index in [1.165, 1.54) is 12.5 Å². The van der Waals surface area contributed by atoms with Crippen LogP contribution >= 0.6 is 0 Å². The summed E-state index contributed by atoms with van der Waals surface area (Å²) in [5.74, 6) is 1.38. The van der Waals surface area contributed by atoms with E-state index in [0.29, 0.717) is 0 Å². The van der Waals surface area contributed by atoms with Crippen molar-refractivity contribution in [1.29, 1.82) is 0 Å². The summed E-state index contributed by atoms with van der Waals surface area (Å²) in [5, 5.41) is 3.39. The number of ether oxygens (including phenoxy) is 1. The summed E-state index contributed by atoms with van der Waals surface area (Å²) >= 11 is 0. The van der Waals surface area contributed by atoms with Crippen LogP contribution < -0.4 is 10.1 Å². The Morgan fingerprint density at radius 3 is 3.06 bits per heavy atom. The molecule has 0 fully saturated rings. The van der Waals surface area contributed by atoms with Crippen LogP contribution in [0, 0.1) is 11.7 Å². The highest BCUT2D eigenvalue weighted by Crippen LogP contribution is 2.28. The average Bonchev–Trinajstić information content (AvgIpc) is 2.66. The Balaban J connectivity index is 1.76. The van der Waals surface area contributed by atoms with Gasteiger partial charge in [0.1, 0.15) is 17.7 Å². The number of hydrogen-bond acceptors (Lipinski definition) is 2. The normalized spacial score (nSPS) is 18.2. The average molecular weight is 237 g/mol. The lowest BCUT2D eigenvalue weighted by atomic mass is 10.1. The van der Waals surface area contributed by atoms with E-state index in [1.54, 1.807) is 12.1 Å². The lowest BCUT2D eigenvalue weighted by Crippen LogP contribution is -2.31. The maximum absolute atomic E-state index is 13.0. The van der Waals surface area contributed by atoms with Crippen molar-refractivity contribution >= 4 is 0 Å². The third kappa shape index (κ3) is 3.43. The van der Waals surface area contributed by atoms with Crippen LogP contribution in [-0.2, 0) is 6.42 Å². The molecule has 0 radical (unpaired) electrons. The van der Waals surface area contributed by atoms with Crippen molar-refractivity contribution in [2.75, 3.05) is 13.1 Å². The summed E-state index contributed by atoms with van der Waals surface area (Å²) in [6, 6.07) is 4.75. The number of halogens is 1. The van der Waals surface area contributed by atoms with Gasteiger partial charge in [0.15, 0.2) is 0 Å². The van der Waals surface area contributed by atoms with Crippen molar-refractivity contribution in [1.82, 2.24) is 5.32 Å². The molecule has 0 amide bonds. The van der Waals surface area contributed by atoms with Gasteiger partial charge in [0.25, 0.3) is 0 Å². The maximum atomic E-state index is 13.0. The van der Waals surface area contributed by atoms with Gasteiger partial charge in [-0.25, -0.2) is 4.39 Å². The van der Waals surface area contributed by atoms with Crippen LogP contribution in [0.1, 0.15) is 25.8 Å². The predicted octanol–water partition coefficient (Wildman–Crippen LogP) is 2.76. The van der Waals surface area contributed by atoms with Crippen LogP contribution in [0.25, 0.3) is 0 Å². The smallest absolute Gasteiger partial charge is 0.123 e. The summed E-state index contributed by atoms with van der Waals surface area (Å²) in [5.41, 5.74) is 0.987. The molecule has 1 atom stereocenters. The molecule has 0 aliphatic carbocycles. The Bertz CT molecular complexity index is 378. The molecule has 1 aromatic rings. The Labute approximate surface area is 102 Å². The molecule has 1 N–H and O–H groups in total. The van der Waals surface area contributed by atoms with Gasteiger partial charge in [-0.2, -0.15) is 0 Å². The van der Waals surface area contributed by atoms with Gasteiger partial charge in [0.05, 0.1) is 0 Å². The Morgan fingerprint density at radius 2 is 2.29 bits per heavy atom. The molecule has 1 aliphatic heterocycles. The molecule has 3 heteroatoms. The van der Waals surface area contributed by atoms with Crippen LogP contribution in [-0.4, -0.2) is 19.2 Å². The van der Waals surface area contributed by atoms with Crippen molar-refractivity contribution in [3.63, 3.8) is 0 Å². The Kier molecular flexibility index (Phi) is 4.00. The first-order valence-electron chi connectivity index (χ1n) is 6.31. The second-order valence-corrected chi connectivity index (χ2v) is 5.08. The van der Waals surface area contributed by atoms with Gasteiger partial charge in [0.2, 0.25) is 0 Å². The zero-order valence-electron chi connectivity index (χ0n) is 10.5. The molecular weight excluding hydrogens is 217 g/mol. The lowest BCUT2D eigenvalue weighted by molar-refractivity contribution is 0.227. The number of rotatable bonds is 5. The van der Waals surface area contributed by atoms with Gasteiger partial charge in [-0.1, -0.05) is 13.8 Å². The van der Waals surface area contributed by atoms with Crippen molar-refractivity contribution < 1.29 is 9.13 Å². The number of hydrogen-bond donors (Lipinski definition) is 1. The fraction of sp³-hybridized carbons (Fsp3) is 0.571. The van der Waals surface area contributed by atoms with E-state index in [1.807, 2.05) is 0 Å². The zero-order chi connectivity index (χ0) is 12.3. The fourth-order valence-electron chi connectivity index (χ4n) is 2.06. The van der Waals surface area contributed by atoms with Gasteiger partial charge < -0.3 is 10.1 Å². The predicted molar refractivity (Wildman–Crippen MR) is 66.8 cm³/mol. The molecule has 2 rings (SSSR count). The summed E-state index contributed by atoms with van der Waals surface area (Å²) in [6.07, 6.45) is 2.13. The van der Waals surface area contributed by atoms with Gasteiger partial charge in [-0.05, 0) is 37.1 Å². The van der Waals surface area contributed by atoms with Crippen LogP contribution in [0.5, 0.6) is 5.75 Å². The van der Waals surface area contributed by atoms with Crippen LogP contribution in [0.3, 0.4) is 0 Å². The van der Waals surface area contributed by atoms with Crippen LogP contribution in [0.4, 0.5) is 4.39 Å². The van der Waals surface area contributed by atoms with E-state index in [0.717, 1.165) is 36.7 Å². The van der Waals surface area contributed by atoms with E-state index in [9.17, 15) is 4.39 Å². The standard InChI is InChI=1S/C14H20FNO/c1-10(2)5-6-16-9-13-8-11-7-12(15)3-4-14(11)17-13/h3-4,7,10,13,16H,5-6,8-9H2,1-2H3. The maximum Gasteiger partial charge on any atom is 0.123 e. The lowest BCUT2D eigenvalue weighted by Gasteiger charge is -2.12. The summed E-state index contributed by atoms with van der Waals surface area (Å²) in [7, 11) is 0. The van der Waals surface area contributed by atoms with Gasteiger partial charge in [-0.15, -0.1) is 0 Å². The fourth-order valence-corrected chi connectivity index (χ4v) is 2.06. The molecule has 1 aliphatic rings. The van der Waals surface area contributed by atoms with E-state index in [4.69, 9.17) is 4.74 Å². The molecule has 2 nitrogen and oxygen atoms in total. The highest BCUT2D eigenvalue weighted by Gasteiger charge is 2.22. The molecule has 0 bridgehead atoms. The van der Waals surface area contributed by atoms with Crippen molar-refractivity contribution in [3.8, 4) is 5.75 Å². The molecule has 0 spiro atoms. The quantitative estimate of drug-likeness (QED) is 0.795. The van der Waals surface area contributed by atoms with Crippen LogP contribution in [0.2, 0.25) is 0 Å². The molecule has 0 saturated heterocycles. The summed E-state index contributed by atoms with van der Waals surface area (Å²) in [4.78, 5) is 0. The minimum Gasteiger partial charge on any atom is -0.488 e. The minimum absolute atomic E-state index is 0.152. The topological polar surface area (TPSA) is 21.3 Å². The van der Waals surface area contributed by atoms with E-state index in [2.05, 4.69) is 19.2 Å². The Hall–Kier alpha value is -1.09. The first-order valence-corrected chi connectivity index (χ1v) is 6.31. The largest absolute Gasteiger partial charge is 0.488 e. The first kappa shape index (κ1) is 12.4.